The molecule has 2 N–H and O–H groups in total. The third-order valence-corrected chi connectivity index (χ3v) is 6.93. The van der Waals surface area contributed by atoms with Gasteiger partial charge in [0.15, 0.2) is 11.6 Å². The molecule has 3 atom stereocenters. The highest BCUT2D eigenvalue weighted by atomic mass is 35.5. The van der Waals surface area contributed by atoms with E-state index in [-0.39, 0.29) is 22.5 Å². The van der Waals surface area contributed by atoms with E-state index in [1.54, 1.807) is 19.9 Å². The number of urea groups is 1. The summed E-state index contributed by atoms with van der Waals surface area (Å²) in [5, 5.41) is 12.8. The molecule has 0 bridgehead atoms. The summed E-state index contributed by atoms with van der Waals surface area (Å²) in [5.41, 5.74) is 0.0194. The Morgan fingerprint density at radius 1 is 1.18 bits per heavy atom. The zero-order chi connectivity index (χ0) is 24.4. The quantitative estimate of drug-likeness (QED) is 0.639. The molecule has 0 radical (unpaired) electrons. The molecule has 1 aliphatic carbocycles. The smallest absolute Gasteiger partial charge is 0.329 e. The van der Waals surface area contributed by atoms with E-state index >= 15 is 0 Å². The molecule has 10 heteroatoms. The molecule has 180 valence electrons. The number of nitrogens with one attached hydrogen (secondary N) is 1. The number of aliphatic hydroxyl groups is 1. The molecule has 0 saturated carbocycles. The zero-order valence-corrected chi connectivity index (χ0v) is 19.4. The molecule has 0 aromatic heterocycles. The summed E-state index contributed by atoms with van der Waals surface area (Å²) in [5.74, 6) is -1.80. The van der Waals surface area contributed by atoms with E-state index in [0.717, 1.165) is 11.0 Å². The largest absolute Gasteiger partial charge is 0.481 e. The van der Waals surface area contributed by atoms with Crippen LogP contribution >= 0.6 is 11.6 Å². The number of anilines is 1. The Kier molecular flexibility index (Phi) is 5.54. The van der Waals surface area contributed by atoms with Gasteiger partial charge in [0.25, 0.3) is 5.91 Å². The number of likely N-dealkylation sites (tertiary alicyclic amines) is 1. The van der Waals surface area contributed by atoms with Gasteiger partial charge >= 0.3 is 6.03 Å². The summed E-state index contributed by atoms with van der Waals surface area (Å²) in [6.07, 6.45) is -0.369. The lowest BCUT2D eigenvalue weighted by Gasteiger charge is -2.30. The first-order chi connectivity index (χ1) is 16.0. The maximum atomic E-state index is 14.9. The first-order valence-electron chi connectivity index (χ1n) is 11.1. The molecule has 3 aliphatic rings. The molecule has 5 rings (SSSR count). The molecule has 3 amide bonds. The summed E-state index contributed by atoms with van der Waals surface area (Å²) >= 11 is 6.12. The Morgan fingerprint density at radius 3 is 2.59 bits per heavy atom. The average molecular weight is 492 g/mol. The number of hydrogen-bond acceptors (Lipinski definition) is 5. The molecule has 0 unspecified atom stereocenters. The highest BCUT2D eigenvalue weighted by Crippen LogP contribution is 2.42. The van der Waals surface area contributed by atoms with Crippen LogP contribution in [0.4, 0.5) is 19.3 Å². The Balaban J connectivity index is 1.52. The van der Waals surface area contributed by atoms with Gasteiger partial charge in [-0.1, -0.05) is 11.6 Å². The molecular formula is C24H24ClF2N3O4. The van der Waals surface area contributed by atoms with Gasteiger partial charge in [0, 0.05) is 29.7 Å². The van der Waals surface area contributed by atoms with Gasteiger partial charge in [0.1, 0.15) is 17.5 Å². The standard InChI is InChI=1S/C24H24ClF2N3O4/c1-24(2)22(32)30(23(33)28-24)13-3-4-17(26)20(9-13)34-21-16-7-12(25)8-18(27)15(16)10-19(21)29-6-5-14(31)11-29/h3-4,7-9,14,19,21,31H,5-6,10-11H2,1-2H3,(H,28,33)/t14-,19-,21+/m1/s1. The molecule has 34 heavy (non-hydrogen) atoms. The summed E-state index contributed by atoms with van der Waals surface area (Å²) in [6, 6.07) is 5.63. The third-order valence-electron chi connectivity index (χ3n) is 6.72. The first kappa shape index (κ1) is 23.0. The van der Waals surface area contributed by atoms with Crippen LogP contribution in [0.25, 0.3) is 0 Å². The average Bonchev–Trinajstić information content (AvgIpc) is 3.39. The fourth-order valence-electron chi connectivity index (χ4n) is 4.99. The summed E-state index contributed by atoms with van der Waals surface area (Å²) in [7, 11) is 0. The Hall–Kier alpha value is -2.75. The van der Waals surface area contributed by atoms with Gasteiger partial charge in [0.05, 0.1) is 17.8 Å². The van der Waals surface area contributed by atoms with Gasteiger partial charge < -0.3 is 15.2 Å². The SMILES string of the molecule is CC1(C)NC(=O)N(c2ccc(F)c(O[C@H]3c4cc(Cl)cc(F)c4C[C@H]3N3CC[C@@H](O)C3)c2)C1=O. The maximum absolute atomic E-state index is 14.9. The molecule has 2 aromatic rings. The molecule has 7 nitrogen and oxygen atoms in total. The van der Waals surface area contributed by atoms with E-state index in [9.17, 15) is 23.5 Å². The third kappa shape index (κ3) is 3.81. The zero-order valence-electron chi connectivity index (χ0n) is 18.6. The minimum atomic E-state index is -1.09. The number of hydrogen-bond donors (Lipinski definition) is 2. The second-order valence-corrected chi connectivity index (χ2v) is 9.95. The predicted octanol–water partition coefficient (Wildman–Crippen LogP) is 3.56. The molecule has 2 saturated heterocycles. The van der Waals surface area contributed by atoms with E-state index in [0.29, 0.717) is 37.1 Å². The van der Waals surface area contributed by atoms with Crippen LogP contribution in [0.1, 0.15) is 37.5 Å². The van der Waals surface area contributed by atoms with Gasteiger partial charge in [-0.25, -0.2) is 18.5 Å². The highest BCUT2D eigenvalue weighted by Gasteiger charge is 2.46. The van der Waals surface area contributed by atoms with Crippen LogP contribution in [0.3, 0.4) is 0 Å². The fraction of sp³-hybridized carbons (Fsp3) is 0.417. The van der Waals surface area contributed by atoms with Crippen LogP contribution in [0, 0.1) is 11.6 Å². The van der Waals surface area contributed by atoms with Crippen molar-refractivity contribution in [2.45, 2.75) is 50.5 Å². The molecule has 0 spiro atoms. The van der Waals surface area contributed by atoms with Crippen molar-refractivity contribution in [3.8, 4) is 5.75 Å². The minimum Gasteiger partial charge on any atom is -0.481 e. The van der Waals surface area contributed by atoms with E-state index < -0.39 is 41.3 Å². The van der Waals surface area contributed by atoms with Crippen molar-refractivity contribution in [1.29, 1.82) is 0 Å². The van der Waals surface area contributed by atoms with Crippen molar-refractivity contribution >= 4 is 29.2 Å². The number of amides is 3. The van der Waals surface area contributed by atoms with E-state index in [1.807, 2.05) is 4.90 Å². The van der Waals surface area contributed by atoms with Crippen molar-refractivity contribution in [1.82, 2.24) is 10.2 Å². The van der Waals surface area contributed by atoms with Gasteiger partial charge in [-0.3, -0.25) is 9.69 Å². The lowest BCUT2D eigenvalue weighted by Crippen LogP contribution is -2.40. The fourth-order valence-corrected chi connectivity index (χ4v) is 5.20. The minimum absolute atomic E-state index is 0.160. The van der Waals surface area contributed by atoms with E-state index in [2.05, 4.69) is 5.32 Å². The number of imide groups is 1. The van der Waals surface area contributed by atoms with E-state index in [1.165, 1.54) is 18.2 Å². The van der Waals surface area contributed by atoms with Crippen LogP contribution in [-0.2, 0) is 11.2 Å². The summed E-state index contributed by atoms with van der Waals surface area (Å²) < 4.78 is 35.7. The topological polar surface area (TPSA) is 82.1 Å². The lowest BCUT2D eigenvalue weighted by atomic mass is 10.1. The number of aliphatic hydroxyl groups excluding tert-OH is 1. The second-order valence-electron chi connectivity index (χ2n) is 9.51. The van der Waals surface area contributed by atoms with Crippen molar-refractivity contribution in [3.05, 3.63) is 58.1 Å². The number of rotatable bonds is 4. The first-order valence-corrected chi connectivity index (χ1v) is 11.5. The monoisotopic (exact) mass is 491 g/mol. The Bertz CT molecular complexity index is 1190. The van der Waals surface area contributed by atoms with Crippen LogP contribution in [0.15, 0.2) is 30.3 Å². The molecule has 2 aliphatic heterocycles. The lowest BCUT2D eigenvalue weighted by molar-refractivity contribution is -0.121. The van der Waals surface area contributed by atoms with Crippen LogP contribution in [0.5, 0.6) is 5.75 Å². The highest BCUT2D eigenvalue weighted by molar-refractivity contribution is 6.30. The number of ether oxygens (including phenoxy) is 1. The van der Waals surface area contributed by atoms with Crippen LogP contribution in [0.2, 0.25) is 5.02 Å². The predicted molar refractivity (Wildman–Crippen MR) is 121 cm³/mol. The Morgan fingerprint density at radius 2 is 1.94 bits per heavy atom. The second kappa shape index (κ2) is 8.18. The number of β-amino-alcohol motifs (C(OH)–C–C–N with tert-alkyl or cyclic N) is 1. The molecule has 2 heterocycles. The summed E-state index contributed by atoms with van der Waals surface area (Å²) in [6.45, 7) is 4.15. The molecular weight excluding hydrogens is 468 g/mol. The normalized spacial score (nSPS) is 26.2. The van der Waals surface area contributed by atoms with E-state index in [4.69, 9.17) is 16.3 Å². The number of carbonyl (C=O) groups excluding carboxylic acids is 2. The number of fused-ring (bicyclic) bond motifs is 1. The van der Waals surface area contributed by atoms with Gasteiger partial charge in [-0.15, -0.1) is 0 Å². The molecule has 2 aromatic carbocycles. The van der Waals surface area contributed by atoms with Crippen molar-refractivity contribution < 1.29 is 28.2 Å². The Labute approximate surface area is 200 Å². The van der Waals surface area contributed by atoms with Crippen LogP contribution < -0.4 is 15.0 Å². The van der Waals surface area contributed by atoms with Gasteiger partial charge in [-0.2, -0.15) is 0 Å². The number of carbonyl (C=O) groups is 2. The van der Waals surface area contributed by atoms with Crippen LogP contribution in [-0.4, -0.2) is 52.7 Å². The number of nitrogens with zero attached hydrogens (tertiary/aromatic N) is 2. The van der Waals surface area contributed by atoms with Crippen molar-refractivity contribution in [3.63, 3.8) is 0 Å². The number of benzene rings is 2. The van der Waals surface area contributed by atoms with Gasteiger partial charge in [0.2, 0.25) is 0 Å². The van der Waals surface area contributed by atoms with Crippen molar-refractivity contribution in [2.75, 3.05) is 18.0 Å². The molecule has 2 fully saturated rings. The van der Waals surface area contributed by atoms with Crippen molar-refractivity contribution in [2.24, 2.45) is 0 Å². The summed E-state index contributed by atoms with van der Waals surface area (Å²) in [4.78, 5) is 28.1. The van der Waals surface area contributed by atoms with Gasteiger partial charge in [-0.05, 0) is 56.5 Å². The number of halogens is 3. The maximum Gasteiger partial charge on any atom is 0.329 e.